The van der Waals surface area contributed by atoms with Crippen molar-refractivity contribution in [3.8, 4) is 0 Å². The molecule has 1 rings (SSSR count). The first-order valence-corrected chi connectivity index (χ1v) is 5.73. The first kappa shape index (κ1) is 16.3. The highest BCUT2D eigenvalue weighted by atomic mass is 35.5. The van der Waals surface area contributed by atoms with Crippen molar-refractivity contribution in [3.63, 3.8) is 0 Å². The summed E-state index contributed by atoms with van der Waals surface area (Å²) in [5.74, 6) is 0.734. The van der Waals surface area contributed by atoms with E-state index in [0.717, 1.165) is 17.2 Å². The number of nitrogens with zero attached hydrogens (tertiary/aromatic N) is 2. The lowest BCUT2D eigenvalue weighted by molar-refractivity contribution is 0.530. The molecule has 0 fully saturated rings. The molecule has 4 heteroatoms. The van der Waals surface area contributed by atoms with Gasteiger partial charge < -0.3 is 5.73 Å². The molecule has 0 saturated heterocycles. The zero-order valence-corrected chi connectivity index (χ0v) is 12.5. The maximum absolute atomic E-state index is 5.65. The molecule has 0 aliphatic rings. The monoisotopic (exact) mass is 257 g/mol. The Morgan fingerprint density at radius 3 is 1.53 bits per heavy atom. The zero-order valence-electron chi connectivity index (χ0n) is 11.7. The Balaban J connectivity index is 0.00000256. The third-order valence-electron chi connectivity index (χ3n) is 2.49. The molecule has 1 heterocycles. The quantitative estimate of drug-likeness (QED) is 0.842. The van der Waals surface area contributed by atoms with Crippen molar-refractivity contribution in [2.75, 3.05) is 0 Å². The van der Waals surface area contributed by atoms with E-state index < -0.39 is 0 Å². The number of aromatic nitrogens is 2. The van der Waals surface area contributed by atoms with Crippen molar-refractivity contribution in [1.82, 2.24) is 9.97 Å². The molecule has 0 amide bonds. The lowest BCUT2D eigenvalue weighted by Crippen LogP contribution is -2.22. The van der Waals surface area contributed by atoms with Crippen molar-refractivity contribution in [1.29, 1.82) is 0 Å². The van der Waals surface area contributed by atoms with Crippen LogP contribution in [0.3, 0.4) is 0 Å². The molecule has 1 aromatic rings. The fourth-order valence-corrected chi connectivity index (χ4v) is 1.36. The zero-order chi connectivity index (χ0) is 12.6. The summed E-state index contributed by atoms with van der Waals surface area (Å²) < 4.78 is 0. The van der Waals surface area contributed by atoms with Gasteiger partial charge in [-0.1, -0.05) is 41.5 Å². The molecule has 0 saturated carbocycles. The molecular formula is C13H24ClN3. The molecule has 3 nitrogen and oxygen atoms in total. The van der Waals surface area contributed by atoms with Crippen LogP contribution in [0.25, 0.3) is 0 Å². The average Bonchev–Trinajstić information content (AvgIpc) is 2.14. The normalized spacial score (nSPS) is 12.2. The molecule has 1 aromatic heterocycles. The van der Waals surface area contributed by atoms with Crippen molar-refractivity contribution in [2.45, 2.75) is 58.9 Å². The van der Waals surface area contributed by atoms with Gasteiger partial charge in [0.15, 0.2) is 0 Å². The largest absolute Gasteiger partial charge is 0.324 e. The van der Waals surface area contributed by atoms with E-state index in [-0.39, 0.29) is 23.2 Å². The minimum atomic E-state index is 0. The topological polar surface area (TPSA) is 51.8 Å². The fourth-order valence-electron chi connectivity index (χ4n) is 1.36. The van der Waals surface area contributed by atoms with Crippen LogP contribution in [0.1, 0.15) is 58.8 Å². The lowest BCUT2D eigenvalue weighted by atomic mass is 9.86. The van der Waals surface area contributed by atoms with Crippen molar-refractivity contribution in [3.05, 3.63) is 23.3 Å². The van der Waals surface area contributed by atoms with Crippen LogP contribution in [0.4, 0.5) is 0 Å². The van der Waals surface area contributed by atoms with Gasteiger partial charge in [-0.05, 0) is 6.07 Å². The Morgan fingerprint density at radius 2 is 1.29 bits per heavy atom. The summed E-state index contributed by atoms with van der Waals surface area (Å²) in [7, 11) is 0. The van der Waals surface area contributed by atoms with Gasteiger partial charge in [-0.3, -0.25) is 0 Å². The molecule has 0 atom stereocenters. The molecule has 0 radical (unpaired) electrons. The Labute approximate surface area is 111 Å². The SMILES string of the molecule is CC(C)(C)c1cc(C(C)(C)C)nc(CN)n1.Cl. The minimum absolute atomic E-state index is 0. The molecule has 0 aliphatic carbocycles. The Morgan fingerprint density at radius 1 is 0.941 bits per heavy atom. The third kappa shape index (κ3) is 4.25. The van der Waals surface area contributed by atoms with E-state index in [4.69, 9.17) is 5.73 Å². The maximum atomic E-state index is 5.65. The predicted molar refractivity (Wildman–Crippen MR) is 74.6 cm³/mol. The molecule has 0 unspecified atom stereocenters. The molecule has 0 aromatic carbocycles. The highest BCUT2D eigenvalue weighted by molar-refractivity contribution is 5.85. The summed E-state index contributed by atoms with van der Waals surface area (Å²) in [5.41, 5.74) is 7.84. The van der Waals surface area contributed by atoms with Crippen LogP contribution in [0, 0.1) is 0 Å². The number of halogens is 1. The van der Waals surface area contributed by atoms with Crippen LogP contribution >= 0.6 is 12.4 Å². The van der Waals surface area contributed by atoms with Gasteiger partial charge in [-0.2, -0.15) is 0 Å². The third-order valence-corrected chi connectivity index (χ3v) is 2.49. The van der Waals surface area contributed by atoms with Gasteiger partial charge in [-0.25, -0.2) is 9.97 Å². The second-order valence-corrected chi connectivity index (χ2v) is 6.26. The van der Waals surface area contributed by atoms with Crippen LogP contribution in [0.5, 0.6) is 0 Å². The van der Waals surface area contributed by atoms with Crippen LogP contribution in [-0.4, -0.2) is 9.97 Å². The van der Waals surface area contributed by atoms with Gasteiger partial charge >= 0.3 is 0 Å². The lowest BCUT2D eigenvalue weighted by Gasteiger charge is -2.23. The Kier molecular flexibility index (Phi) is 5.11. The first-order valence-electron chi connectivity index (χ1n) is 5.73. The van der Waals surface area contributed by atoms with Crippen LogP contribution in [0.2, 0.25) is 0 Å². The van der Waals surface area contributed by atoms with E-state index in [1.54, 1.807) is 0 Å². The smallest absolute Gasteiger partial charge is 0.142 e. The minimum Gasteiger partial charge on any atom is -0.324 e. The van der Waals surface area contributed by atoms with Gasteiger partial charge in [0.2, 0.25) is 0 Å². The second-order valence-electron chi connectivity index (χ2n) is 6.26. The maximum Gasteiger partial charge on any atom is 0.142 e. The second kappa shape index (κ2) is 5.32. The molecular weight excluding hydrogens is 234 g/mol. The molecule has 17 heavy (non-hydrogen) atoms. The molecule has 0 spiro atoms. The van der Waals surface area contributed by atoms with Crippen molar-refractivity contribution >= 4 is 12.4 Å². The van der Waals surface area contributed by atoms with Crippen molar-refractivity contribution in [2.24, 2.45) is 5.73 Å². The number of hydrogen-bond acceptors (Lipinski definition) is 3. The fraction of sp³-hybridized carbons (Fsp3) is 0.692. The van der Waals surface area contributed by atoms with Gasteiger partial charge in [0, 0.05) is 22.2 Å². The predicted octanol–water partition coefficient (Wildman–Crippen LogP) is 2.95. The first-order chi connectivity index (χ1) is 7.14. The van der Waals surface area contributed by atoms with E-state index in [1.807, 2.05) is 0 Å². The highest BCUT2D eigenvalue weighted by Crippen LogP contribution is 2.26. The molecule has 0 aliphatic heterocycles. The van der Waals surface area contributed by atoms with Gasteiger partial charge in [0.1, 0.15) is 5.82 Å². The number of rotatable bonds is 1. The summed E-state index contributed by atoms with van der Waals surface area (Å²) in [6.07, 6.45) is 0. The van der Waals surface area contributed by atoms with E-state index in [0.29, 0.717) is 6.54 Å². The summed E-state index contributed by atoms with van der Waals surface area (Å²) in [5, 5.41) is 0. The van der Waals surface area contributed by atoms with Crippen molar-refractivity contribution < 1.29 is 0 Å². The van der Waals surface area contributed by atoms with E-state index in [1.165, 1.54) is 0 Å². The molecule has 98 valence electrons. The molecule has 0 bridgehead atoms. The molecule has 2 N–H and O–H groups in total. The van der Waals surface area contributed by atoms with E-state index in [2.05, 4.69) is 57.6 Å². The average molecular weight is 258 g/mol. The van der Waals surface area contributed by atoms with Crippen LogP contribution in [-0.2, 0) is 17.4 Å². The number of nitrogens with two attached hydrogens (primary N) is 1. The van der Waals surface area contributed by atoms with Crippen LogP contribution < -0.4 is 5.73 Å². The summed E-state index contributed by atoms with van der Waals surface area (Å²) in [6.45, 7) is 13.3. The summed E-state index contributed by atoms with van der Waals surface area (Å²) in [4.78, 5) is 9.00. The van der Waals surface area contributed by atoms with Gasteiger partial charge in [-0.15, -0.1) is 12.4 Å². The van der Waals surface area contributed by atoms with E-state index >= 15 is 0 Å². The van der Waals surface area contributed by atoms with Gasteiger partial charge in [0.25, 0.3) is 0 Å². The van der Waals surface area contributed by atoms with Gasteiger partial charge in [0.05, 0.1) is 6.54 Å². The summed E-state index contributed by atoms with van der Waals surface area (Å²) >= 11 is 0. The summed E-state index contributed by atoms with van der Waals surface area (Å²) in [6, 6.07) is 2.10. The highest BCUT2D eigenvalue weighted by Gasteiger charge is 2.22. The van der Waals surface area contributed by atoms with E-state index in [9.17, 15) is 0 Å². The number of hydrogen-bond donors (Lipinski definition) is 1. The van der Waals surface area contributed by atoms with Crippen LogP contribution in [0.15, 0.2) is 6.07 Å². The Bertz CT molecular complexity index is 343. The Hall–Kier alpha value is -0.670. The standard InChI is InChI=1S/C13H23N3.ClH/c1-12(2,3)9-7-10(13(4,5)6)16-11(8-14)15-9;/h7H,8,14H2,1-6H3;1H.